The molecular weight excluding hydrogens is 320 g/mol. The Labute approximate surface area is 144 Å². The van der Waals surface area contributed by atoms with E-state index < -0.39 is 5.54 Å². The molecule has 2 atom stereocenters. The Morgan fingerprint density at radius 1 is 1.42 bits per heavy atom. The molecule has 5 nitrogen and oxygen atoms in total. The summed E-state index contributed by atoms with van der Waals surface area (Å²) >= 11 is 0. The first-order valence-electron chi connectivity index (χ1n) is 7.75. The van der Waals surface area contributed by atoms with Gasteiger partial charge in [-0.1, -0.05) is 19.1 Å². The number of carbonyl (C=O) groups excluding carboxylic acids is 1. The minimum Gasteiger partial charge on any atom is -0.369 e. The minimum absolute atomic E-state index is 0.0319. The largest absolute Gasteiger partial charge is 0.369 e. The average Bonchev–Trinajstić information content (AvgIpc) is 3.08. The maximum absolute atomic E-state index is 12.3. The van der Waals surface area contributed by atoms with Crippen molar-refractivity contribution in [3.8, 4) is 11.0 Å². The molecule has 1 aliphatic rings. The number of amides is 1. The van der Waals surface area contributed by atoms with Crippen LogP contribution in [-0.2, 0) is 10.3 Å². The van der Waals surface area contributed by atoms with Crippen LogP contribution in [0.4, 0.5) is 0 Å². The second-order valence-corrected chi connectivity index (χ2v) is 7.68. The summed E-state index contributed by atoms with van der Waals surface area (Å²) in [6.45, 7) is 2.01. The highest BCUT2D eigenvalue weighted by Gasteiger charge is 2.39. The third-order valence-corrected chi connectivity index (χ3v) is 6.40. The normalized spacial score (nSPS) is 21.4. The molecule has 122 valence electrons. The number of nitriles is 1. The lowest BCUT2D eigenvalue weighted by Crippen LogP contribution is -2.48. The van der Waals surface area contributed by atoms with Crippen molar-refractivity contribution in [3.05, 3.63) is 52.2 Å². The molecule has 2 aromatic rings. The second-order valence-electron chi connectivity index (χ2n) is 5.82. The van der Waals surface area contributed by atoms with Crippen molar-refractivity contribution in [2.45, 2.75) is 25.3 Å². The van der Waals surface area contributed by atoms with Crippen molar-refractivity contribution in [2.24, 2.45) is 10.7 Å². The van der Waals surface area contributed by atoms with E-state index in [4.69, 9.17) is 5.73 Å². The Hall–Kier alpha value is -2.65. The molecule has 0 spiro atoms. The van der Waals surface area contributed by atoms with Gasteiger partial charge in [0, 0.05) is 29.7 Å². The Morgan fingerprint density at radius 3 is 2.88 bits per heavy atom. The van der Waals surface area contributed by atoms with Crippen LogP contribution >= 0.6 is 10.5 Å². The topological polar surface area (TPSA) is 82.5 Å². The fraction of sp³-hybridized carbons (Fsp3) is 0.278. The standard InChI is InChI=1S/C18H19N4OS/c1-3-18(11-16(23)22(2)17(20)21-18)13-6-4-7-14(10-13)24-9-5-8-15(24)12-19/h4-10H,3,11H2,1-2H3,(H2,20,21)/q+1/t18-,24?/m0/s1. The molecule has 1 aromatic carbocycles. The van der Waals surface area contributed by atoms with Gasteiger partial charge in [0.05, 0.1) is 12.0 Å². The fourth-order valence-corrected chi connectivity index (χ4v) is 4.57. The lowest BCUT2D eigenvalue weighted by Gasteiger charge is -2.35. The molecule has 1 aromatic heterocycles. The molecule has 0 fully saturated rings. The summed E-state index contributed by atoms with van der Waals surface area (Å²) in [6.07, 6.45) is 0.982. The van der Waals surface area contributed by atoms with Gasteiger partial charge < -0.3 is 5.73 Å². The highest BCUT2D eigenvalue weighted by Crippen LogP contribution is 2.41. The zero-order valence-electron chi connectivity index (χ0n) is 13.7. The Morgan fingerprint density at radius 2 is 2.21 bits per heavy atom. The van der Waals surface area contributed by atoms with E-state index in [0.29, 0.717) is 12.8 Å². The Kier molecular flexibility index (Phi) is 4.12. The number of hydrogen-bond donors (Lipinski definition) is 1. The van der Waals surface area contributed by atoms with Gasteiger partial charge in [0.1, 0.15) is 5.38 Å². The summed E-state index contributed by atoms with van der Waals surface area (Å²) in [4.78, 5) is 20.1. The second kappa shape index (κ2) is 6.10. The van der Waals surface area contributed by atoms with Crippen LogP contribution in [0.25, 0.3) is 4.90 Å². The minimum atomic E-state index is -0.632. The number of benzene rings is 1. The monoisotopic (exact) mass is 339 g/mol. The number of nitrogens with two attached hydrogens (primary N) is 1. The molecule has 24 heavy (non-hydrogen) atoms. The van der Waals surface area contributed by atoms with Gasteiger partial charge in [-0.15, -0.1) is 0 Å². The zero-order valence-corrected chi connectivity index (χ0v) is 14.5. The number of hydrogen-bond acceptors (Lipinski definition) is 4. The first kappa shape index (κ1) is 16.2. The summed E-state index contributed by atoms with van der Waals surface area (Å²) in [6, 6.07) is 14.0. The van der Waals surface area contributed by atoms with E-state index in [1.165, 1.54) is 4.90 Å². The molecule has 0 bridgehead atoms. The lowest BCUT2D eigenvalue weighted by molar-refractivity contribution is -0.128. The van der Waals surface area contributed by atoms with E-state index in [2.05, 4.69) is 17.1 Å². The summed E-state index contributed by atoms with van der Waals surface area (Å²) in [7, 11) is 1.30. The maximum Gasteiger partial charge on any atom is 0.255 e. The van der Waals surface area contributed by atoms with E-state index in [9.17, 15) is 10.1 Å². The van der Waals surface area contributed by atoms with Crippen molar-refractivity contribution in [3.63, 3.8) is 0 Å². The first-order valence-corrected chi connectivity index (χ1v) is 9.03. The highest BCUT2D eigenvalue weighted by molar-refractivity contribution is 7.38. The van der Waals surface area contributed by atoms with E-state index in [-0.39, 0.29) is 22.3 Å². The van der Waals surface area contributed by atoms with Crippen LogP contribution in [-0.4, -0.2) is 23.8 Å². The zero-order chi connectivity index (χ0) is 17.3. The predicted octanol–water partition coefficient (Wildman–Crippen LogP) is 3.08. The van der Waals surface area contributed by atoms with E-state index >= 15 is 0 Å². The SMILES string of the molecule is CC[C@@]1(c2cccc(-[s+]3cccc3C#N)c2)CC(=O)N(C)C(N)=N1. The van der Waals surface area contributed by atoms with Crippen molar-refractivity contribution >= 4 is 22.3 Å². The van der Waals surface area contributed by atoms with Crippen LogP contribution in [0.5, 0.6) is 0 Å². The van der Waals surface area contributed by atoms with Gasteiger partial charge in [-0.25, -0.2) is 4.99 Å². The van der Waals surface area contributed by atoms with Crippen LogP contribution in [0, 0.1) is 11.3 Å². The van der Waals surface area contributed by atoms with E-state index in [1.54, 1.807) is 7.05 Å². The van der Waals surface area contributed by atoms with Gasteiger partial charge in [-0.2, -0.15) is 5.26 Å². The first-order chi connectivity index (χ1) is 11.5. The predicted molar refractivity (Wildman–Crippen MR) is 96.0 cm³/mol. The smallest absolute Gasteiger partial charge is 0.255 e. The number of aliphatic imine (C=N–C) groups is 1. The van der Waals surface area contributed by atoms with Gasteiger partial charge >= 0.3 is 0 Å². The highest BCUT2D eigenvalue weighted by atomic mass is 32.2. The third-order valence-electron chi connectivity index (χ3n) is 4.51. The van der Waals surface area contributed by atoms with E-state index in [1.807, 2.05) is 42.6 Å². The average molecular weight is 339 g/mol. The van der Waals surface area contributed by atoms with Crippen LogP contribution in [0.3, 0.4) is 0 Å². The molecule has 1 amide bonds. The van der Waals surface area contributed by atoms with Gasteiger partial charge in [0.15, 0.2) is 16.9 Å². The number of guanidine groups is 1. The Balaban J connectivity index is 2.11. The van der Waals surface area contributed by atoms with Crippen LogP contribution in [0.15, 0.2) is 46.8 Å². The van der Waals surface area contributed by atoms with Gasteiger partial charge in [-0.05, 0) is 24.1 Å². The number of nitrogens with zero attached hydrogens (tertiary/aromatic N) is 3. The van der Waals surface area contributed by atoms with Gasteiger partial charge in [0.25, 0.3) is 4.88 Å². The number of rotatable bonds is 3. The third kappa shape index (κ3) is 2.57. The molecule has 0 saturated carbocycles. The van der Waals surface area contributed by atoms with Crippen molar-refractivity contribution in [1.82, 2.24) is 4.90 Å². The van der Waals surface area contributed by atoms with Gasteiger partial charge in [0.2, 0.25) is 5.91 Å². The summed E-state index contributed by atoms with van der Waals surface area (Å²) in [5.74, 6) is 0.217. The maximum atomic E-state index is 12.3. The summed E-state index contributed by atoms with van der Waals surface area (Å²) in [5, 5.41) is 11.3. The molecule has 0 saturated heterocycles. The summed E-state index contributed by atoms with van der Waals surface area (Å²) < 4.78 is 0. The molecule has 1 unspecified atom stereocenters. The molecule has 0 radical (unpaired) electrons. The lowest BCUT2D eigenvalue weighted by atomic mass is 9.83. The van der Waals surface area contributed by atoms with Crippen LogP contribution in [0.2, 0.25) is 0 Å². The molecule has 0 aliphatic carbocycles. The van der Waals surface area contributed by atoms with Gasteiger partial charge in [-0.3, -0.25) is 9.69 Å². The van der Waals surface area contributed by atoms with Crippen molar-refractivity contribution in [2.75, 3.05) is 7.05 Å². The fourth-order valence-electron chi connectivity index (χ4n) is 2.97. The van der Waals surface area contributed by atoms with Crippen LogP contribution in [0.1, 0.15) is 30.2 Å². The van der Waals surface area contributed by atoms with Crippen molar-refractivity contribution in [1.29, 1.82) is 5.26 Å². The summed E-state index contributed by atoms with van der Waals surface area (Å²) in [5.41, 5.74) is 6.29. The number of carbonyl (C=O) groups is 1. The number of thiophene rings is 1. The van der Waals surface area contributed by atoms with Crippen LogP contribution < -0.4 is 5.73 Å². The molecule has 2 N–H and O–H groups in total. The van der Waals surface area contributed by atoms with E-state index in [0.717, 1.165) is 15.3 Å². The molecular formula is C18H19N4OS+. The van der Waals surface area contributed by atoms with Crippen molar-refractivity contribution < 1.29 is 4.79 Å². The molecule has 2 heterocycles. The molecule has 6 heteroatoms. The molecule has 1 aliphatic heterocycles. The Bertz CT molecular complexity index is 864. The quantitative estimate of drug-likeness (QED) is 0.872. The molecule has 3 rings (SSSR count).